The minimum Gasteiger partial charge on any atom is -0.342 e. The van der Waals surface area contributed by atoms with Crippen LogP contribution in [-0.4, -0.2) is 46.3 Å². The summed E-state index contributed by atoms with van der Waals surface area (Å²) in [5.74, 6) is 1.29. The van der Waals surface area contributed by atoms with Gasteiger partial charge >= 0.3 is 0 Å². The summed E-state index contributed by atoms with van der Waals surface area (Å²) >= 11 is 0. The number of halogens is 1. The Morgan fingerprint density at radius 3 is 2.83 bits per heavy atom. The highest BCUT2D eigenvalue weighted by Crippen LogP contribution is 2.33. The number of anilines is 1. The van der Waals surface area contributed by atoms with Crippen LogP contribution in [0.25, 0.3) is 0 Å². The highest BCUT2D eigenvalue weighted by Gasteiger charge is 2.33. The van der Waals surface area contributed by atoms with E-state index in [0.29, 0.717) is 43.1 Å². The van der Waals surface area contributed by atoms with E-state index in [0.717, 1.165) is 30.6 Å². The molecule has 0 saturated carbocycles. The lowest BCUT2D eigenvalue weighted by molar-refractivity contribution is -0.132. The summed E-state index contributed by atoms with van der Waals surface area (Å²) < 4.78 is 14.0. The van der Waals surface area contributed by atoms with E-state index in [1.54, 1.807) is 23.1 Å². The van der Waals surface area contributed by atoms with Crippen molar-refractivity contribution in [1.29, 1.82) is 0 Å². The van der Waals surface area contributed by atoms with Crippen molar-refractivity contribution in [2.75, 3.05) is 24.5 Å². The minimum absolute atomic E-state index is 0.0256. The Labute approximate surface area is 176 Å². The first kappa shape index (κ1) is 20.4. The lowest BCUT2D eigenvalue weighted by Crippen LogP contribution is -2.39. The molecule has 2 aliphatic heterocycles. The van der Waals surface area contributed by atoms with Crippen molar-refractivity contribution < 1.29 is 14.0 Å². The van der Waals surface area contributed by atoms with Crippen molar-refractivity contribution in [3.05, 3.63) is 52.7 Å². The first-order chi connectivity index (χ1) is 14.5. The fourth-order valence-electron chi connectivity index (χ4n) is 4.38. The van der Waals surface area contributed by atoms with E-state index in [9.17, 15) is 14.0 Å². The third-order valence-electron chi connectivity index (χ3n) is 6.10. The molecule has 4 rings (SSSR count). The number of rotatable bonds is 5. The van der Waals surface area contributed by atoms with Gasteiger partial charge in [-0.15, -0.1) is 0 Å². The van der Waals surface area contributed by atoms with Crippen LogP contribution < -0.4 is 4.90 Å². The number of benzene rings is 1. The van der Waals surface area contributed by atoms with E-state index in [4.69, 9.17) is 9.97 Å². The number of carbonyl (C=O) groups is 2. The molecule has 3 heterocycles. The van der Waals surface area contributed by atoms with Crippen molar-refractivity contribution in [3.8, 4) is 0 Å². The van der Waals surface area contributed by atoms with Crippen LogP contribution in [0, 0.1) is 12.7 Å². The number of aromatic nitrogens is 2. The number of fused-ring (bicyclic) bond motifs is 1. The zero-order valence-corrected chi connectivity index (χ0v) is 17.5. The fourth-order valence-corrected chi connectivity index (χ4v) is 4.38. The predicted molar refractivity (Wildman–Crippen MR) is 112 cm³/mol. The van der Waals surface area contributed by atoms with Gasteiger partial charge in [-0.05, 0) is 37.8 Å². The average molecular weight is 410 g/mol. The lowest BCUT2D eigenvalue weighted by Gasteiger charge is -2.32. The van der Waals surface area contributed by atoms with Crippen molar-refractivity contribution in [2.24, 2.45) is 0 Å². The fraction of sp³-hybridized carbons (Fsp3) is 0.478. The molecule has 30 heavy (non-hydrogen) atoms. The van der Waals surface area contributed by atoms with Gasteiger partial charge in [-0.25, -0.2) is 14.4 Å². The Hall–Kier alpha value is -2.83. The number of hydrogen-bond acceptors (Lipinski definition) is 4. The topological polar surface area (TPSA) is 66.4 Å². The number of hydrogen-bond donors (Lipinski definition) is 0. The maximum absolute atomic E-state index is 14.0. The normalized spacial score (nSPS) is 18.6. The number of carbonyl (C=O) groups excluding carboxylic acids is 2. The molecule has 1 aromatic carbocycles. The second-order valence-corrected chi connectivity index (χ2v) is 8.07. The molecule has 2 aliphatic rings. The van der Waals surface area contributed by atoms with Gasteiger partial charge in [0, 0.05) is 43.2 Å². The molecule has 1 atom stereocenters. The highest BCUT2D eigenvalue weighted by atomic mass is 19.1. The van der Waals surface area contributed by atoms with Crippen molar-refractivity contribution in [3.63, 3.8) is 0 Å². The van der Waals surface area contributed by atoms with Crippen LogP contribution in [0.1, 0.15) is 54.7 Å². The molecule has 0 bridgehead atoms. The molecule has 0 radical (unpaired) electrons. The number of piperidine rings is 1. The molecule has 6 nitrogen and oxygen atoms in total. The van der Waals surface area contributed by atoms with Gasteiger partial charge in [-0.1, -0.05) is 25.1 Å². The SMILES string of the molecule is CCC(=O)N1CCCC(c2nc(C)c3c(n2)N(CCc2ccccc2F)C(=O)C3)C1. The molecule has 1 aromatic heterocycles. The van der Waals surface area contributed by atoms with E-state index in [2.05, 4.69) is 0 Å². The second-order valence-electron chi connectivity index (χ2n) is 8.07. The van der Waals surface area contributed by atoms with Crippen LogP contribution in [0.15, 0.2) is 24.3 Å². The van der Waals surface area contributed by atoms with Crippen LogP contribution >= 0.6 is 0 Å². The van der Waals surface area contributed by atoms with E-state index in [1.807, 2.05) is 18.7 Å². The van der Waals surface area contributed by atoms with Gasteiger partial charge in [0.15, 0.2) is 0 Å². The van der Waals surface area contributed by atoms with Gasteiger partial charge in [0.05, 0.1) is 6.42 Å². The van der Waals surface area contributed by atoms with E-state index in [1.165, 1.54) is 6.07 Å². The van der Waals surface area contributed by atoms with Gasteiger partial charge in [-0.2, -0.15) is 0 Å². The van der Waals surface area contributed by atoms with Crippen molar-refractivity contribution in [2.45, 2.75) is 51.9 Å². The predicted octanol–water partition coefficient (Wildman–Crippen LogP) is 3.17. The first-order valence-electron chi connectivity index (χ1n) is 10.7. The standard InChI is InChI=1S/C23H27FN4O2/c1-3-20(29)27-11-6-8-17(14-27)22-25-15(2)18-13-21(30)28(23(18)26-22)12-10-16-7-4-5-9-19(16)24/h4-5,7,9,17H,3,6,8,10-14H2,1-2H3. The summed E-state index contributed by atoms with van der Waals surface area (Å²) in [6, 6.07) is 6.64. The molecule has 1 unspecified atom stereocenters. The molecule has 0 spiro atoms. The Bertz CT molecular complexity index is 978. The van der Waals surface area contributed by atoms with Crippen molar-refractivity contribution >= 4 is 17.6 Å². The van der Waals surface area contributed by atoms with Crippen LogP contribution in [0.5, 0.6) is 0 Å². The molecular weight excluding hydrogens is 383 g/mol. The summed E-state index contributed by atoms with van der Waals surface area (Å²) in [4.78, 5) is 37.9. The first-order valence-corrected chi connectivity index (χ1v) is 10.7. The van der Waals surface area contributed by atoms with Gasteiger partial charge in [0.2, 0.25) is 11.8 Å². The Balaban J connectivity index is 1.57. The van der Waals surface area contributed by atoms with Crippen LogP contribution in [-0.2, 0) is 22.4 Å². The summed E-state index contributed by atoms with van der Waals surface area (Å²) in [5.41, 5.74) is 2.26. The van der Waals surface area contributed by atoms with Gasteiger partial charge in [0.25, 0.3) is 0 Å². The van der Waals surface area contributed by atoms with Gasteiger partial charge < -0.3 is 4.90 Å². The Morgan fingerprint density at radius 2 is 2.07 bits per heavy atom. The van der Waals surface area contributed by atoms with E-state index in [-0.39, 0.29) is 30.0 Å². The molecule has 0 N–H and O–H groups in total. The van der Waals surface area contributed by atoms with Crippen molar-refractivity contribution in [1.82, 2.24) is 14.9 Å². The number of aryl methyl sites for hydroxylation is 1. The van der Waals surface area contributed by atoms with Gasteiger partial charge in [0.1, 0.15) is 17.5 Å². The third kappa shape index (κ3) is 3.93. The number of amides is 2. The lowest BCUT2D eigenvalue weighted by atomic mass is 9.96. The Morgan fingerprint density at radius 1 is 1.27 bits per heavy atom. The maximum atomic E-state index is 14.0. The van der Waals surface area contributed by atoms with Gasteiger partial charge in [-0.3, -0.25) is 14.5 Å². The molecule has 1 saturated heterocycles. The molecule has 2 amide bonds. The minimum atomic E-state index is -0.258. The molecule has 7 heteroatoms. The molecule has 0 aliphatic carbocycles. The van der Waals surface area contributed by atoms with E-state index < -0.39 is 0 Å². The average Bonchev–Trinajstić information content (AvgIpc) is 3.08. The quantitative estimate of drug-likeness (QED) is 0.759. The largest absolute Gasteiger partial charge is 0.342 e. The monoisotopic (exact) mass is 410 g/mol. The molecule has 158 valence electrons. The third-order valence-corrected chi connectivity index (χ3v) is 6.10. The summed E-state index contributed by atoms with van der Waals surface area (Å²) in [7, 11) is 0. The summed E-state index contributed by atoms with van der Waals surface area (Å²) in [6.07, 6.45) is 3.05. The summed E-state index contributed by atoms with van der Waals surface area (Å²) in [5, 5.41) is 0. The summed E-state index contributed by atoms with van der Waals surface area (Å²) in [6.45, 7) is 5.57. The Kier molecular flexibility index (Phi) is 5.79. The second kappa shape index (κ2) is 8.50. The maximum Gasteiger partial charge on any atom is 0.232 e. The number of nitrogens with zero attached hydrogens (tertiary/aromatic N) is 4. The zero-order chi connectivity index (χ0) is 21.3. The zero-order valence-electron chi connectivity index (χ0n) is 17.5. The highest BCUT2D eigenvalue weighted by molar-refractivity contribution is 6.00. The number of likely N-dealkylation sites (tertiary alicyclic amines) is 1. The van der Waals surface area contributed by atoms with Crippen LogP contribution in [0.3, 0.4) is 0 Å². The molecule has 2 aromatic rings. The van der Waals surface area contributed by atoms with E-state index >= 15 is 0 Å². The molecular formula is C23H27FN4O2. The molecule has 1 fully saturated rings. The van der Waals surface area contributed by atoms with Crippen LogP contribution in [0.2, 0.25) is 0 Å². The van der Waals surface area contributed by atoms with Crippen LogP contribution in [0.4, 0.5) is 10.2 Å². The smallest absolute Gasteiger partial charge is 0.232 e.